The molecule has 0 aliphatic carbocycles. The van der Waals surface area contributed by atoms with Crippen molar-refractivity contribution in [3.8, 4) is 0 Å². The van der Waals surface area contributed by atoms with Gasteiger partial charge >= 0.3 is 13.3 Å². The fourth-order valence-corrected chi connectivity index (χ4v) is 4.19. The maximum Gasteiger partial charge on any atom is 0.422 e. The third kappa shape index (κ3) is 3.98. The average Bonchev–Trinajstić information content (AvgIpc) is 2.25. The highest BCUT2D eigenvalue weighted by Crippen LogP contribution is 2.37. The number of carbonyl (C=O) groups is 1. The number of carbonyl (C=O) groups excluding carboxylic acids is 1. The number of hydrogen-bond donors (Lipinski definition) is 0. The molecule has 0 saturated heterocycles. The van der Waals surface area contributed by atoms with E-state index in [4.69, 9.17) is 0 Å². The molecule has 3 heteroatoms. The van der Waals surface area contributed by atoms with E-state index in [1.54, 1.807) is 0 Å². The zero-order valence-electron chi connectivity index (χ0n) is 12.8. The Bertz CT molecular complexity index is 480. The zero-order chi connectivity index (χ0) is 14.7. The first kappa shape index (κ1) is 16.0. The van der Waals surface area contributed by atoms with Crippen LogP contribution in [0.2, 0.25) is 0 Å². The van der Waals surface area contributed by atoms with Gasteiger partial charge in [0.1, 0.15) is 0 Å². The van der Waals surface area contributed by atoms with Crippen LogP contribution in [-0.4, -0.2) is 11.2 Å². The van der Waals surface area contributed by atoms with E-state index in [0.29, 0.717) is 11.5 Å². The van der Waals surface area contributed by atoms with Crippen LogP contribution in [0.15, 0.2) is 12.1 Å². The van der Waals surface area contributed by atoms with E-state index in [1.807, 2.05) is 39.8 Å². The number of rotatable bonds is 5. The summed E-state index contributed by atoms with van der Waals surface area (Å²) < 4.78 is 12.4. The van der Waals surface area contributed by atoms with E-state index in [-0.39, 0.29) is 11.2 Å². The lowest BCUT2D eigenvalue weighted by molar-refractivity contribution is 0.107. The summed E-state index contributed by atoms with van der Waals surface area (Å²) in [6, 6.07) is 3.97. The van der Waals surface area contributed by atoms with Gasteiger partial charge in [-0.3, -0.25) is 0 Å². The standard InChI is InChI=1S/C16H24O2P/c1-10(2)7-14(6)19(18)16(17)15-12(4)8-11(3)9-13(15)5/h8-10,14H,7H2,1-6H3/q+1. The van der Waals surface area contributed by atoms with Crippen LogP contribution in [0.4, 0.5) is 0 Å². The molecule has 1 rings (SSSR count). The predicted molar refractivity (Wildman–Crippen MR) is 81.5 cm³/mol. The zero-order valence-corrected chi connectivity index (χ0v) is 13.7. The van der Waals surface area contributed by atoms with Gasteiger partial charge in [0, 0.05) is 0 Å². The lowest BCUT2D eigenvalue weighted by Crippen LogP contribution is -2.09. The highest BCUT2D eigenvalue weighted by atomic mass is 31.1. The van der Waals surface area contributed by atoms with E-state index in [2.05, 4.69) is 13.8 Å². The second-order valence-corrected chi connectivity index (χ2v) is 7.82. The van der Waals surface area contributed by atoms with E-state index in [9.17, 15) is 9.36 Å². The molecule has 2 atom stereocenters. The minimum absolute atomic E-state index is 0.0531. The normalized spacial score (nSPS) is 13.5. The maximum atomic E-state index is 12.4. The number of benzene rings is 1. The Hall–Kier alpha value is -1.01. The molecular weight excluding hydrogens is 255 g/mol. The monoisotopic (exact) mass is 279 g/mol. The Morgan fingerprint density at radius 3 is 2.00 bits per heavy atom. The van der Waals surface area contributed by atoms with E-state index < -0.39 is 7.80 Å². The molecule has 0 N–H and O–H groups in total. The first-order chi connectivity index (χ1) is 8.73. The highest BCUT2D eigenvalue weighted by molar-refractivity contribution is 7.65. The van der Waals surface area contributed by atoms with E-state index >= 15 is 0 Å². The van der Waals surface area contributed by atoms with Gasteiger partial charge in [0.05, 0.1) is 5.56 Å². The Balaban J connectivity index is 3.04. The fourth-order valence-electron chi connectivity index (χ4n) is 2.61. The summed E-state index contributed by atoms with van der Waals surface area (Å²) >= 11 is 0. The van der Waals surface area contributed by atoms with E-state index in [1.165, 1.54) is 0 Å². The van der Waals surface area contributed by atoms with Crippen molar-refractivity contribution in [2.24, 2.45) is 5.92 Å². The van der Waals surface area contributed by atoms with E-state index in [0.717, 1.165) is 23.1 Å². The third-order valence-electron chi connectivity index (χ3n) is 3.30. The molecule has 0 radical (unpaired) electrons. The molecule has 2 unspecified atom stereocenters. The Morgan fingerprint density at radius 2 is 1.58 bits per heavy atom. The molecular formula is C16H24O2P+. The molecule has 0 bridgehead atoms. The topological polar surface area (TPSA) is 34.1 Å². The lowest BCUT2D eigenvalue weighted by Gasteiger charge is -2.08. The van der Waals surface area contributed by atoms with Gasteiger partial charge in [-0.25, -0.2) is 4.79 Å². The quantitative estimate of drug-likeness (QED) is 0.710. The van der Waals surface area contributed by atoms with Crippen molar-refractivity contribution in [1.82, 2.24) is 0 Å². The molecule has 104 valence electrons. The van der Waals surface area contributed by atoms with Gasteiger partial charge in [0.25, 0.3) is 0 Å². The molecule has 0 saturated carbocycles. The molecule has 1 aromatic carbocycles. The van der Waals surface area contributed by atoms with Crippen LogP contribution in [0, 0.1) is 26.7 Å². The second-order valence-electron chi connectivity index (χ2n) is 5.88. The summed E-state index contributed by atoms with van der Waals surface area (Å²) in [4.78, 5) is 12.4. The van der Waals surface area contributed by atoms with Gasteiger partial charge in [0.15, 0.2) is 5.66 Å². The molecule has 19 heavy (non-hydrogen) atoms. The van der Waals surface area contributed by atoms with Crippen LogP contribution in [0.3, 0.4) is 0 Å². The van der Waals surface area contributed by atoms with Crippen LogP contribution < -0.4 is 0 Å². The van der Waals surface area contributed by atoms with Crippen LogP contribution in [0.1, 0.15) is 54.2 Å². The Labute approximate surface area is 117 Å². The minimum Gasteiger partial charge on any atom is -0.234 e. The minimum atomic E-state index is -1.84. The number of aryl methyl sites for hydroxylation is 3. The second kappa shape index (κ2) is 6.43. The molecule has 0 aliphatic heterocycles. The number of hydrogen-bond acceptors (Lipinski definition) is 2. The van der Waals surface area contributed by atoms with Crippen LogP contribution >= 0.6 is 7.80 Å². The molecule has 0 heterocycles. The molecule has 0 aliphatic rings. The first-order valence-corrected chi connectivity index (χ1v) is 8.15. The van der Waals surface area contributed by atoms with Crippen molar-refractivity contribution in [3.63, 3.8) is 0 Å². The summed E-state index contributed by atoms with van der Waals surface area (Å²) in [5, 5.41) is 0. The van der Waals surface area contributed by atoms with Crippen molar-refractivity contribution in [1.29, 1.82) is 0 Å². The van der Waals surface area contributed by atoms with Gasteiger partial charge in [-0.05, 0) is 51.2 Å². The fraction of sp³-hybridized carbons (Fsp3) is 0.562. The molecule has 0 amide bonds. The SMILES string of the molecule is Cc1cc(C)c(C(=O)[P+](=O)C(C)CC(C)C)c(C)c1. The smallest absolute Gasteiger partial charge is 0.234 e. The summed E-state index contributed by atoms with van der Waals surface area (Å²) in [5.41, 5.74) is 3.42. The summed E-state index contributed by atoms with van der Waals surface area (Å²) in [7, 11) is -1.84. The van der Waals surface area contributed by atoms with Crippen LogP contribution in [-0.2, 0) is 4.57 Å². The van der Waals surface area contributed by atoms with Gasteiger partial charge in [0.2, 0.25) is 0 Å². The van der Waals surface area contributed by atoms with Crippen molar-refractivity contribution in [2.75, 3.05) is 0 Å². The molecule has 0 spiro atoms. The summed E-state index contributed by atoms with van der Waals surface area (Å²) in [6.45, 7) is 11.9. The van der Waals surface area contributed by atoms with Crippen molar-refractivity contribution < 1.29 is 9.36 Å². The average molecular weight is 279 g/mol. The molecule has 1 aromatic rings. The van der Waals surface area contributed by atoms with Gasteiger partial charge in [-0.15, -0.1) is 0 Å². The van der Waals surface area contributed by atoms with Crippen molar-refractivity contribution in [3.05, 3.63) is 34.4 Å². The van der Waals surface area contributed by atoms with Gasteiger partial charge in [-0.1, -0.05) is 36.1 Å². The van der Waals surface area contributed by atoms with Gasteiger partial charge in [-0.2, -0.15) is 0 Å². The van der Waals surface area contributed by atoms with Crippen molar-refractivity contribution in [2.45, 2.75) is 53.6 Å². The first-order valence-electron chi connectivity index (χ1n) is 6.82. The maximum absolute atomic E-state index is 12.4. The Morgan fingerprint density at radius 1 is 1.11 bits per heavy atom. The Kier molecular flexibility index (Phi) is 5.43. The summed E-state index contributed by atoms with van der Waals surface area (Å²) in [5.74, 6) is 0.460. The molecule has 2 nitrogen and oxygen atoms in total. The summed E-state index contributed by atoms with van der Waals surface area (Å²) in [6.07, 6.45) is 0.824. The lowest BCUT2D eigenvalue weighted by atomic mass is 10.0. The van der Waals surface area contributed by atoms with Crippen LogP contribution in [0.5, 0.6) is 0 Å². The largest absolute Gasteiger partial charge is 0.422 e. The predicted octanol–water partition coefficient (Wildman–Crippen LogP) is 5.01. The molecule has 0 aromatic heterocycles. The highest BCUT2D eigenvalue weighted by Gasteiger charge is 2.38. The molecule has 0 fully saturated rings. The third-order valence-corrected chi connectivity index (χ3v) is 4.94. The van der Waals surface area contributed by atoms with Crippen molar-refractivity contribution >= 4 is 13.3 Å². The van der Waals surface area contributed by atoms with Gasteiger partial charge < -0.3 is 0 Å². The van der Waals surface area contributed by atoms with Crippen LogP contribution in [0.25, 0.3) is 0 Å².